The Hall–Kier alpha value is -3.06. The number of anilines is 3. The van der Waals surface area contributed by atoms with E-state index >= 15 is 0 Å². The summed E-state index contributed by atoms with van der Waals surface area (Å²) in [5.41, 5.74) is 1.64. The summed E-state index contributed by atoms with van der Waals surface area (Å²) in [6, 6.07) is 9.76. The first-order valence-electron chi connectivity index (χ1n) is 8.26. The lowest BCUT2D eigenvalue weighted by Gasteiger charge is -2.18. The standard InChI is InChI=1S/C19H20FN5O/c1-12(14-3-5-16(20)6-4-14)23-17-9-15(13(2)26)10-18(24-17)25-19-11-21-7-8-22-19/h3-13,26H,1-2H3,(H2,22,23,24,25)/t12?,13-/m0/s1. The Balaban J connectivity index is 1.84. The lowest BCUT2D eigenvalue weighted by molar-refractivity contribution is 0.199. The molecule has 26 heavy (non-hydrogen) atoms. The summed E-state index contributed by atoms with van der Waals surface area (Å²) in [4.78, 5) is 12.7. The number of rotatable bonds is 6. The van der Waals surface area contributed by atoms with Crippen LogP contribution in [0.3, 0.4) is 0 Å². The fourth-order valence-electron chi connectivity index (χ4n) is 2.48. The molecule has 2 atom stereocenters. The second-order valence-corrected chi connectivity index (χ2v) is 5.98. The van der Waals surface area contributed by atoms with Crippen molar-refractivity contribution in [3.63, 3.8) is 0 Å². The van der Waals surface area contributed by atoms with Crippen molar-refractivity contribution in [1.82, 2.24) is 15.0 Å². The fourth-order valence-corrected chi connectivity index (χ4v) is 2.48. The molecule has 1 aromatic carbocycles. The quantitative estimate of drug-likeness (QED) is 0.622. The van der Waals surface area contributed by atoms with Gasteiger partial charge in [-0.05, 0) is 49.2 Å². The summed E-state index contributed by atoms with van der Waals surface area (Å²) >= 11 is 0. The van der Waals surface area contributed by atoms with Gasteiger partial charge in [-0.15, -0.1) is 0 Å². The number of pyridine rings is 1. The van der Waals surface area contributed by atoms with Gasteiger partial charge in [-0.25, -0.2) is 14.4 Å². The van der Waals surface area contributed by atoms with Crippen LogP contribution in [-0.4, -0.2) is 20.1 Å². The number of aliphatic hydroxyl groups excluding tert-OH is 1. The van der Waals surface area contributed by atoms with E-state index in [9.17, 15) is 9.50 Å². The molecule has 7 heteroatoms. The highest BCUT2D eigenvalue weighted by Crippen LogP contribution is 2.25. The Morgan fingerprint density at radius 2 is 1.69 bits per heavy atom. The van der Waals surface area contributed by atoms with Gasteiger partial charge in [0.25, 0.3) is 0 Å². The van der Waals surface area contributed by atoms with E-state index in [4.69, 9.17) is 0 Å². The zero-order chi connectivity index (χ0) is 18.5. The lowest BCUT2D eigenvalue weighted by atomic mass is 10.1. The maximum absolute atomic E-state index is 13.1. The van der Waals surface area contributed by atoms with Crippen molar-refractivity contribution in [2.24, 2.45) is 0 Å². The van der Waals surface area contributed by atoms with Crippen molar-refractivity contribution in [3.8, 4) is 0 Å². The maximum Gasteiger partial charge on any atom is 0.150 e. The Morgan fingerprint density at radius 3 is 2.35 bits per heavy atom. The first-order valence-corrected chi connectivity index (χ1v) is 8.26. The summed E-state index contributed by atoms with van der Waals surface area (Å²) in [6.07, 6.45) is 4.10. The molecule has 0 saturated heterocycles. The van der Waals surface area contributed by atoms with Gasteiger partial charge in [-0.1, -0.05) is 12.1 Å². The van der Waals surface area contributed by atoms with Gasteiger partial charge in [-0.2, -0.15) is 0 Å². The number of aromatic nitrogens is 3. The molecule has 0 saturated carbocycles. The Bertz CT molecular complexity index is 856. The van der Waals surface area contributed by atoms with Crippen LogP contribution in [0.2, 0.25) is 0 Å². The SMILES string of the molecule is CC(Nc1cc([C@H](C)O)cc(Nc2cnccn2)n1)c1ccc(F)cc1. The van der Waals surface area contributed by atoms with Crippen LogP contribution in [0.1, 0.15) is 37.1 Å². The number of halogens is 1. The Kier molecular flexibility index (Phi) is 5.38. The van der Waals surface area contributed by atoms with Crippen molar-refractivity contribution in [1.29, 1.82) is 0 Å². The molecule has 0 radical (unpaired) electrons. The molecule has 0 aliphatic carbocycles. The molecule has 0 bridgehead atoms. The van der Waals surface area contributed by atoms with Crippen LogP contribution < -0.4 is 10.6 Å². The molecule has 3 aromatic rings. The average Bonchev–Trinajstić information content (AvgIpc) is 2.63. The van der Waals surface area contributed by atoms with E-state index < -0.39 is 6.10 Å². The van der Waals surface area contributed by atoms with E-state index in [1.54, 1.807) is 49.8 Å². The molecular formula is C19H20FN5O. The van der Waals surface area contributed by atoms with E-state index in [0.29, 0.717) is 23.0 Å². The molecule has 0 aliphatic heterocycles. The molecule has 3 rings (SSSR count). The zero-order valence-corrected chi connectivity index (χ0v) is 14.5. The normalized spacial score (nSPS) is 13.1. The molecule has 1 unspecified atom stereocenters. The number of benzene rings is 1. The summed E-state index contributed by atoms with van der Waals surface area (Å²) in [5.74, 6) is 1.41. The summed E-state index contributed by atoms with van der Waals surface area (Å²) in [6.45, 7) is 3.65. The second kappa shape index (κ2) is 7.88. The molecule has 134 valence electrons. The van der Waals surface area contributed by atoms with Crippen molar-refractivity contribution in [2.45, 2.75) is 26.0 Å². The Labute approximate surface area is 151 Å². The second-order valence-electron chi connectivity index (χ2n) is 5.98. The molecule has 0 fully saturated rings. The van der Waals surface area contributed by atoms with Gasteiger partial charge in [0.2, 0.25) is 0 Å². The average molecular weight is 353 g/mol. The van der Waals surface area contributed by atoms with Crippen molar-refractivity contribution in [2.75, 3.05) is 10.6 Å². The van der Waals surface area contributed by atoms with Crippen LogP contribution in [0.15, 0.2) is 55.0 Å². The fraction of sp³-hybridized carbons (Fsp3) is 0.211. The number of aliphatic hydroxyl groups is 1. The summed E-state index contributed by atoms with van der Waals surface area (Å²) in [5, 5.41) is 16.3. The molecule has 2 aromatic heterocycles. The van der Waals surface area contributed by atoms with Crippen LogP contribution in [0.5, 0.6) is 0 Å². The number of hydrogen-bond donors (Lipinski definition) is 3. The zero-order valence-electron chi connectivity index (χ0n) is 14.5. The van der Waals surface area contributed by atoms with Crippen molar-refractivity contribution in [3.05, 3.63) is 71.9 Å². The van der Waals surface area contributed by atoms with Crippen LogP contribution in [-0.2, 0) is 0 Å². The Morgan fingerprint density at radius 1 is 0.962 bits per heavy atom. The predicted octanol–water partition coefficient (Wildman–Crippen LogP) is 3.98. The summed E-state index contributed by atoms with van der Waals surface area (Å²) in [7, 11) is 0. The highest BCUT2D eigenvalue weighted by Gasteiger charge is 2.11. The van der Waals surface area contributed by atoms with Crippen LogP contribution in [0, 0.1) is 5.82 Å². The highest BCUT2D eigenvalue weighted by molar-refractivity contribution is 5.56. The lowest BCUT2D eigenvalue weighted by Crippen LogP contribution is -2.10. The van der Waals surface area contributed by atoms with Gasteiger partial charge in [0.05, 0.1) is 12.3 Å². The van der Waals surface area contributed by atoms with Gasteiger partial charge in [0.15, 0.2) is 0 Å². The van der Waals surface area contributed by atoms with Gasteiger partial charge < -0.3 is 15.7 Å². The monoisotopic (exact) mass is 353 g/mol. The van der Waals surface area contributed by atoms with E-state index in [0.717, 1.165) is 5.56 Å². The third kappa shape index (κ3) is 4.52. The van der Waals surface area contributed by atoms with Gasteiger partial charge in [0, 0.05) is 18.4 Å². The van der Waals surface area contributed by atoms with E-state index in [1.165, 1.54) is 12.1 Å². The van der Waals surface area contributed by atoms with Crippen molar-refractivity contribution < 1.29 is 9.50 Å². The number of nitrogens with one attached hydrogen (secondary N) is 2. The van der Waals surface area contributed by atoms with E-state index in [-0.39, 0.29) is 11.9 Å². The first-order chi connectivity index (χ1) is 12.5. The molecule has 6 nitrogen and oxygen atoms in total. The predicted molar refractivity (Wildman–Crippen MR) is 98.6 cm³/mol. The molecule has 0 amide bonds. The smallest absolute Gasteiger partial charge is 0.150 e. The topological polar surface area (TPSA) is 83.0 Å². The third-order valence-corrected chi connectivity index (χ3v) is 3.88. The molecular weight excluding hydrogens is 333 g/mol. The van der Waals surface area contributed by atoms with Gasteiger partial charge >= 0.3 is 0 Å². The van der Waals surface area contributed by atoms with Crippen LogP contribution >= 0.6 is 0 Å². The van der Waals surface area contributed by atoms with E-state index in [2.05, 4.69) is 25.6 Å². The number of hydrogen-bond acceptors (Lipinski definition) is 6. The van der Waals surface area contributed by atoms with E-state index in [1.807, 2.05) is 6.92 Å². The molecule has 3 N–H and O–H groups in total. The van der Waals surface area contributed by atoms with Crippen LogP contribution in [0.25, 0.3) is 0 Å². The minimum Gasteiger partial charge on any atom is -0.389 e. The minimum atomic E-state index is -0.651. The first kappa shape index (κ1) is 17.8. The molecule has 0 spiro atoms. The summed E-state index contributed by atoms with van der Waals surface area (Å²) < 4.78 is 13.1. The molecule has 0 aliphatic rings. The van der Waals surface area contributed by atoms with Crippen molar-refractivity contribution >= 4 is 17.5 Å². The van der Waals surface area contributed by atoms with Gasteiger partial charge in [-0.3, -0.25) is 4.98 Å². The molecule has 2 heterocycles. The third-order valence-electron chi connectivity index (χ3n) is 3.88. The number of nitrogens with zero attached hydrogens (tertiary/aromatic N) is 3. The highest BCUT2D eigenvalue weighted by atomic mass is 19.1. The maximum atomic E-state index is 13.1. The minimum absolute atomic E-state index is 0.0864. The largest absolute Gasteiger partial charge is 0.389 e. The van der Waals surface area contributed by atoms with Gasteiger partial charge in [0.1, 0.15) is 23.3 Å². The van der Waals surface area contributed by atoms with Crippen LogP contribution in [0.4, 0.5) is 21.8 Å².